The molecule has 1 aliphatic rings. The van der Waals surface area contributed by atoms with E-state index in [1.165, 1.54) is 0 Å². The van der Waals surface area contributed by atoms with Crippen molar-refractivity contribution in [2.45, 2.75) is 31.8 Å². The minimum absolute atomic E-state index is 0.124. The molecule has 4 nitrogen and oxygen atoms in total. The van der Waals surface area contributed by atoms with Gasteiger partial charge in [0, 0.05) is 5.54 Å². The van der Waals surface area contributed by atoms with Gasteiger partial charge in [0.1, 0.15) is 5.54 Å². The standard InChI is InChI=1S/C8H16N2O2/c1-7(2,3)10-6(11)8(9)4-12-5-8/h4-5,9H2,1-3H3,(H,10,11). The van der Waals surface area contributed by atoms with E-state index in [1.54, 1.807) is 0 Å². The van der Waals surface area contributed by atoms with Crippen molar-refractivity contribution in [1.29, 1.82) is 0 Å². The zero-order valence-electron chi connectivity index (χ0n) is 7.81. The normalized spacial score (nSPS) is 21.3. The number of amides is 1. The van der Waals surface area contributed by atoms with Crippen LogP contribution < -0.4 is 11.1 Å². The number of hydrogen-bond donors (Lipinski definition) is 2. The average molecular weight is 172 g/mol. The number of carbonyl (C=O) groups excluding carboxylic acids is 1. The Bertz CT molecular complexity index is 192. The molecule has 0 unspecified atom stereocenters. The molecule has 0 aromatic carbocycles. The second-order valence-corrected chi connectivity index (χ2v) is 4.35. The molecule has 12 heavy (non-hydrogen) atoms. The average Bonchev–Trinajstić information content (AvgIpc) is 1.78. The fourth-order valence-electron chi connectivity index (χ4n) is 0.918. The molecule has 1 aliphatic heterocycles. The monoisotopic (exact) mass is 172 g/mol. The Morgan fingerprint density at radius 2 is 2.00 bits per heavy atom. The molecular weight excluding hydrogens is 156 g/mol. The Morgan fingerprint density at radius 3 is 2.25 bits per heavy atom. The van der Waals surface area contributed by atoms with Gasteiger partial charge in [0.2, 0.25) is 5.91 Å². The molecule has 3 N–H and O–H groups in total. The van der Waals surface area contributed by atoms with Crippen molar-refractivity contribution in [3.8, 4) is 0 Å². The van der Waals surface area contributed by atoms with E-state index < -0.39 is 5.54 Å². The Labute approximate surface area is 72.5 Å². The van der Waals surface area contributed by atoms with Gasteiger partial charge in [-0.1, -0.05) is 0 Å². The molecule has 1 fully saturated rings. The molecule has 0 spiro atoms. The molecule has 1 rings (SSSR count). The molecule has 0 aromatic rings. The lowest BCUT2D eigenvalue weighted by Crippen LogP contribution is -2.68. The first-order chi connectivity index (χ1) is 5.33. The van der Waals surface area contributed by atoms with E-state index >= 15 is 0 Å². The fourth-order valence-corrected chi connectivity index (χ4v) is 0.918. The van der Waals surface area contributed by atoms with Crippen molar-refractivity contribution in [3.05, 3.63) is 0 Å². The third-order valence-corrected chi connectivity index (χ3v) is 1.66. The van der Waals surface area contributed by atoms with Gasteiger partial charge in [0.05, 0.1) is 13.2 Å². The molecule has 0 saturated carbocycles. The molecule has 1 amide bonds. The molecule has 1 saturated heterocycles. The van der Waals surface area contributed by atoms with Crippen LogP contribution in [0.4, 0.5) is 0 Å². The lowest BCUT2D eigenvalue weighted by Gasteiger charge is -2.38. The van der Waals surface area contributed by atoms with Crippen LogP contribution in [0.25, 0.3) is 0 Å². The summed E-state index contributed by atoms with van der Waals surface area (Å²) < 4.78 is 4.89. The number of carbonyl (C=O) groups is 1. The van der Waals surface area contributed by atoms with Gasteiger partial charge in [-0.25, -0.2) is 0 Å². The van der Waals surface area contributed by atoms with Gasteiger partial charge in [-0.05, 0) is 20.8 Å². The first-order valence-corrected chi connectivity index (χ1v) is 4.03. The highest BCUT2D eigenvalue weighted by Gasteiger charge is 2.42. The van der Waals surface area contributed by atoms with E-state index in [9.17, 15) is 4.79 Å². The maximum atomic E-state index is 11.4. The van der Waals surface area contributed by atoms with E-state index in [0.717, 1.165) is 0 Å². The number of nitrogens with one attached hydrogen (secondary N) is 1. The molecule has 0 radical (unpaired) electrons. The van der Waals surface area contributed by atoms with Crippen LogP contribution in [0.15, 0.2) is 0 Å². The van der Waals surface area contributed by atoms with Crippen LogP contribution in [0.3, 0.4) is 0 Å². The smallest absolute Gasteiger partial charge is 0.245 e. The van der Waals surface area contributed by atoms with Gasteiger partial charge in [0.15, 0.2) is 0 Å². The molecule has 4 heteroatoms. The van der Waals surface area contributed by atoms with Crippen LogP contribution in [0.2, 0.25) is 0 Å². The lowest BCUT2D eigenvalue weighted by molar-refractivity contribution is -0.144. The van der Waals surface area contributed by atoms with Crippen LogP contribution in [-0.4, -0.2) is 30.2 Å². The Kier molecular flexibility index (Phi) is 2.14. The van der Waals surface area contributed by atoms with E-state index in [4.69, 9.17) is 10.5 Å². The van der Waals surface area contributed by atoms with Crippen LogP contribution in [-0.2, 0) is 9.53 Å². The molecule has 0 atom stereocenters. The predicted octanol–water partition coefficient (Wildman–Crippen LogP) is -0.371. The van der Waals surface area contributed by atoms with E-state index in [0.29, 0.717) is 13.2 Å². The van der Waals surface area contributed by atoms with E-state index in [1.807, 2.05) is 20.8 Å². The summed E-state index contributed by atoms with van der Waals surface area (Å²) in [5.41, 5.74) is 4.71. The van der Waals surface area contributed by atoms with Gasteiger partial charge < -0.3 is 15.8 Å². The largest absolute Gasteiger partial charge is 0.376 e. The van der Waals surface area contributed by atoms with Crippen molar-refractivity contribution in [2.75, 3.05) is 13.2 Å². The SMILES string of the molecule is CC(C)(C)NC(=O)C1(N)COC1. The minimum atomic E-state index is -0.784. The van der Waals surface area contributed by atoms with Crippen LogP contribution in [0.5, 0.6) is 0 Å². The summed E-state index contributed by atoms with van der Waals surface area (Å²) in [5.74, 6) is -0.124. The second-order valence-electron chi connectivity index (χ2n) is 4.35. The fraction of sp³-hybridized carbons (Fsp3) is 0.875. The summed E-state index contributed by atoms with van der Waals surface area (Å²) in [6, 6.07) is 0. The lowest BCUT2D eigenvalue weighted by atomic mass is 9.96. The number of nitrogens with two attached hydrogens (primary N) is 1. The summed E-state index contributed by atoms with van der Waals surface area (Å²) >= 11 is 0. The molecular formula is C8H16N2O2. The third-order valence-electron chi connectivity index (χ3n) is 1.66. The zero-order chi connectivity index (χ0) is 9.41. The van der Waals surface area contributed by atoms with Crippen LogP contribution in [0, 0.1) is 0 Å². The maximum absolute atomic E-state index is 11.4. The van der Waals surface area contributed by atoms with Crippen LogP contribution in [0.1, 0.15) is 20.8 Å². The summed E-state index contributed by atoms with van der Waals surface area (Å²) in [5, 5.41) is 2.82. The summed E-state index contributed by atoms with van der Waals surface area (Å²) in [6.45, 7) is 6.43. The van der Waals surface area contributed by atoms with E-state index in [2.05, 4.69) is 5.32 Å². The van der Waals surface area contributed by atoms with Gasteiger partial charge in [-0.2, -0.15) is 0 Å². The highest BCUT2D eigenvalue weighted by atomic mass is 16.5. The van der Waals surface area contributed by atoms with E-state index in [-0.39, 0.29) is 11.4 Å². The van der Waals surface area contributed by atoms with Crippen molar-refractivity contribution >= 4 is 5.91 Å². The molecule has 70 valence electrons. The predicted molar refractivity (Wildman–Crippen MR) is 45.6 cm³/mol. The summed E-state index contributed by atoms with van der Waals surface area (Å²) in [6.07, 6.45) is 0. The van der Waals surface area contributed by atoms with Gasteiger partial charge in [0.25, 0.3) is 0 Å². The molecule has 1 heterocycles. The van der Waals surface area contributed by atoms with Crippen molar-refractivity contribution in [2.24, 2.45) is 5.73 Å². The topological polar surface area (TPSA) is 64.4 Å². The van der Waals surface area contributed by atoms with Crippen LogP contribution >= 0.6 is 0 Å². The van der Waals surface area contributed by atoms with Gasteiger partial charge in [-0.15, -0.1) is 0 Å². The zero-order valence-corrected chi connectivity index (χ0v) is 7.81. The highest BCUT2D eigenvalue weighted by Crippen LogP contribution is 2.14. The molecule has 0 bridgehead atoms. The van der Waals surface area contributed by atoms with Crippen molar-refractivity contribution in [1.82, 2.24) is 5.32 Å². The van der Waals surface area contributed by atoms with Gasteiger partial charge in [-0.3, -0.25) is 4.79 Å². The van der Waals surface area contributed by atoms with Gasteiger partial charge >= 0.3 is 0 Å². The number of ether oxygens (including phenoxy) is 1. The Balaban J connectivity index is 2.49. The summed E-state index contributed by atoms with van der Waals surface area (Å²) in [7, 11) is 0. The Morgan fingerprint density at radius 1 is 1.50 bits per heavy atom. The maximum Gasteiger partial charge on any atom is 0.245 e. The third kappa shape index (κ3) is 1.95. The molecule has 0 aromatic heterocycles. The minimum Gasteiger partial charge on any atom is -0.376 e. The first kappa shape index (κ1) is 9.48. The highest BCUT2D eigenvalue weighted by molar-refractivity contribution is 5.87. The van der Waals surface area contributed by atoms with Crippen molar-refractivity contribution < 1.29 is 9.53 Å². The van der Waals surface area contributed by atoms with Crippen molar-refractivity contribution in [3.63, 3.8) is 0 Å². The second kappa shape index (κ2) is 2.71. The quantitative estimate of drug-likeness (QED) is 0.567. The molecule has 0 aliphatic carbocycles. The first-order valence-electron chi connectivity index (χ1n) is 4.03. The Hall–Kier alpha value is -0.610. The number of rotatable bonds is 1. The summed E-state index contributed by atoms with van der Waals surface area (Å²) in [4.78, 5) is 11.4. The number of hydrogen-bond acceptors (Lipinski definition) is 3.